The second-order valence-electron chi connectivity index (χ2n) is 5.10. The van der Waals surface area contributed by atoms with Gasteiger partial charge < -0.3 is 8.83 Å². The van der Waals surface area contributed by atoms with E-state index >= 15 is 0 Å². The number of nitrogens with one attached hydrogen (secondary N) is 1. The van der Waals surface area contributed by atoms with E-state index in [0.29, 0.717) is 17.3 Å². The summed E-state index contributed by atoms with van der Waals surface area (Å²) in [6.07, 6.45) is 3.08. The summed E-state index contributed by atoms with van der Waals surface area (Å²) in [5.74, 6) is 1.26. The quantitative estimate of drug-likeness (QED) is 0.776. The fourth-order valence-electron chi connectivity index (χ4n) is 2.15. The highest BCUT2D eigenvalue weighted by molar-refractivity contribution is 7.89. The first-order valence-corrected chi connectivity index (χ1v) is 8.49. The summed E-state index contributed by atoms with van der Waals surface area (Å²) in [6, 6.07) is 8.24. The second kappa shape index (κ2) is 6.02. The van der Waals surface area contributed by atoms with Crippen LogP contribution >= 0.6 is 0 Å². The van der Waals surface area contributed by atoms with Gasteiger partial charge in [0.05, 0.1) is 11.2 Å². The summed E-state index contributed by atoms with van der Waals surface area (Å²) in [5, 5.41) is 0. The summed E-state index contributed by atoms with van der Waals surface area (Å²) in [5.41, 5.74) is 2.28. The van der Waals surface area contributed by atoms with Gasteiger partial charge in [-0.2, -0.15) is 0 Å². The zero-order chi connectivity index (χ0) is 16.4. The van der Waals surface area contributed by atoms with Crippen LogP contribution in [0.15, 0.2) is 56.6 Å². The summed E-state index contributed by atoms with van der Waals surface area (Å²) in [6.45, 7) is 3.73. The number of nitrogens with zero attached hydrogens (tertiary/aromatic N) is 1. The van der Waals surface area contributed by atoms with Gasteiger partial charge >= 0.3 is 0 Å². The Morgan fingerprint density at radius 3 is 2.39 bits per heavy atom. The normalized spacial score (nSPS) is 11.7. The van der Waals surface area contributed by atoms with Crippen LogP contribution in [0.1, 0.15) is 17.2 Å². The molecule has 0 aliphatic rings. The topological polar surface area (TPSA) is 85.3 Å². The fraction of sp³-hybridized carbons (Fsp3) is 0.188. The van der Waals surface area contributed by atoms with Gasteiger partial charge in [-0.05, 0) is 25.1 Å². The third kappa shape index (κ3) is 3.35. The van der Waals surface area contributed by atoms with Gasteiger partial charge in [-0.3, -0.25) is 0 Å². The van der Waals surface area contributed by atoms with Crippen LogP contribution in [0.4, 0.5) is 0 Å². The molecule has 7 heteroatoms. The van der Waals surface area contributed by atoms with E-state index in [-0.39, 0.29) is 11.4 Å². The Hall–Kier alpha value is -2.38. The van der Waals surface area contributed by atoms with Crippen LogP contribution < -0.4 is 4.72 Å². The number of aromatic nitrogens is 1. The molecule has 1 N–H and O–H groups in total. The van der Waals surface area contributed by atoms with Crippen molar-refractivity contribution in [2.24, 2.45) is 0 Å². The van der Waals surface area contributed by atoms with E-state index in [1.165, 1.54) is 6.26 Å². The van der Waals surface area contributed by atoms with E-state index in [2.05, 4.69) is 9.71 Å². The van der Waals surface area contributed by atoms with Crippen LogP contribution in [0.5, 0.6) is 0 Å². The van der Waals surface area contributed by atoms with Crippen molar-refractivity contribution in [1.29, 1.82) is 0 Å². The molecule has 0 fully saturated rings. The summed E-state index contributed by atoms with van der Waals surface area (Å²) >= 11 is 0. The van der Waals surface area contributed by atoms with Gasteiger partial charge in [-0.1, -0.05) is 12.1 Å². The maximum Gasteiger partial charge on any atom is 0.240 e. The summed E-state index contributed by atoms with van der Waals surface area (Å²) < 4.78 is 37.5. The lowest BCUT2D eigenvalue weighted by Gasteiger charge is -2.07. The lowest BCUT2D eigenvalue weighted by Crippen LogP contribution is -2.23. The minimum absolute atomic E-state index is 0.189. The molecule has 0 saturated carbocycles. The van der Waals surface area contributed by atoms with Gasteiger partial charge in [0.25, 0.3) is 0 Å². The molecule has 3 aromatic rings. The zero-order valence-corrected chi connectivity index (χ0v) is 13.6. The Bertz CT molecular complexity index is 908. The first kappa shape index (κ1) is 15.5. The number of hydrogen-bond acceptors (Lipinski definition) is 5. The molecular weight excluding hydrogens is 316 g/mol. The smallest absolute Gasteiger partial charge is 0.240 e. The van der Waals surface area contributed by atoms with Crippen LogP contribution in [0.3, 0.4) is 0 Å². The Labute approximate surface area is 134 Å². The monoisotopic (exact) mass is 332 g/mol. The number of aryl methyl sites for hydroxylation is 2. The largest absolute Gasteiger partial charge is 0.469 e. The van der Waals surface area contributed by atoms with E-state index in [0.717, 1.165) is 11.1 Å². The van der Waals surface area contributed by atoms with Crippen molar-refractivity contribution in [1.82, 2.24) is 9.71 Å². The first-order valence-electron chi connectivity index (χ1n) is 7.01. The molecule has 0 unspecified atom stereocenters. The number of hydrogen-bond donors (Lipinski definition) is 1. The van der Waals surface area contributed by atoms with Crippen LogP contribution in [-0.2, 0) is 16.6 Å². The van der Waals surface area contributed by atoms with Gasteiger partial charge in [0, 0.05) is 24.6 Å². The maximum absolute atomic E-state index is 12.3. The van der Waals surface area contributed by atoms with Crippen molar-refractivity contribution in [2.75, 3.05) is 0 Å². The molecular formula is C16H16N2O4S. The molecule has 3 rings (SSSR count). The highest BCUT2D eigenvalue weighted by atomic mass is 32.2. The average Bonchev–Trinajstić information content (AvgIpc) is 3.14. The third-order valence-electron chi connectivity index (χ3n) is 3.50. The van der Waals surface area contributed by atoms with Crippen LogP contribution in [0, 0.1) is 13.8 Å². The molecule has 0 aliphatic carbocycles. The zero-order valence-electron chi connectivity index (χ0n) is 12.7. The molecule has 6 nitrogen and oxygen atoms in total. The van der Waals surface area contributed by atoms with Crippen molar-refractivity contribution >= 4 is 10.0 Å². The predicted octanol–water partition coefficient (Wildman–Crippen LogP) is 3.03. The number of furan rings is 1. The molecule has 0 bridgehead atoms. The van der Waals surface area contributed by atoms with E-state index in [4.69, 9.17) is 8.83 Å². The Balaban J connectivity index is 1.76. The van der Waals surface area contributed by atoms with Gasteiger partial charge in [0.15, 0.2) is 5.89 Å². The molecule has 0 amide bonds. The maximum atomic E-state index is 12.3. The van der Waals surface area contributed by atoms with Gasteiger partial charge in [-0.15, -0.1) is 0 Å². The van der Waals surface area contributed by atoms with E-state index < -0.39 is 10.0 Å². The molecule has 0 atom stereocenters. The van der Waals surface area contributed by atoms with Crippen LogP contribution in [0.2, 0.25) is 0 Å². The first-order chi connectivity index (χ1) is 11.0. The molecule has 23 heavy (non-hydrogen) atoms. The Morgan fingerprint density at radius 2 is 1.83 bits per heavy atom. The Kier molecular flexibility index (Phi) is 4.06. The lowest BCUT2D eigenvalue weighted by molar-refractivity contribution is 0.521. The molecule has 1 aromatic carbocycles. The van der Waals surface area contributed by atoms with E-state index in [1.807, 2.05) is 0 Å². The van der Waals surface area contributed by atoms with Crippen LogP contribution in [0.25, 0.3) is 11.3 Å². The van der Waals surface area contributed by atoms with Gasteiger partial charge in [0.2, 0.25) is 10.0 Å². The van der Waals surface area contributed by atoms with Crippen molar-refractivity contribution in [3.8, 4) is 11.3 Å². The van der Waals surface area contributed by atoms with Crippen molar-refractivity contribution < 1.29 is 17.3 Å². The minimum Gasteiger partial charge on any atom is -0.469 e. The molecule has 0 saturated heterocycles. The summed E-state index contributed by atoms with van der Waals surface area (Å²) in [7, 11) is -3.58. The fourth-order valence-corrected chi connectivity index (χ4v) is 3.16. The molecule has 0 spiro atoms. The van der Waals surface area contributed by atoms with Crippen molar-refractivity contribution in [2.45, 2.75) is 25.3 Å². The van der Waals surface area contributed by atoms with Crippen LogP contribution in [-0.4, -0.2) is 13.4 Å². The average molecular weight is 332 g/mol. The van der Waals surface area contributed by atoms with E-state index in [9.17, 15) is 8.42 Å². The number of sulfonamides is 1. The Morgan fingerprint density at radius 1 is 1.09 bits per heavy atom. The SMILES string of the molecule is Cc1nc(-c2ccc(S(=O)(=O)NCc3ccoc3C)cc2)co1. The number of rotatable bonds is 5. The third-order valence-corrected chi connectivity index (χ3v) is 4.92. The van der Waals surface area contributed by atoms with Crippen molar-refractivity contribution in [3.05, 3.63) is 60.1 Å². The standard InChI is InChI=1S/C16H16N2O4S/c1-11-14(7-8-21-11)9-17-23(19,20)15-5-3-13(4-6-15)16-10-22-12(2)18-16/h3-8,10,17H,9H2,1-2H3. The number of benzene rings is 1. The van der Waals surface area contributed by atoms with Gasteiger partial charge in [0.1, 0.15) is 17.7 Å². The molecule has 0 aliphatic heterocycles. The lowest BCUT2D eigenvalue weighted by atomic mass is 10.2. The summed E-state index contributed by atoms with van der Waals surface area (Å²) in [4.78, 5) is 4.41. The molecule has 0 radical (unpaired) electrons. The molecule has 2 aromatic heterocycles. The highest BCUT2D eigenvalue weighted by Gasteiger charge is 2.15. The highest BCUT2D eigenvalue weighted by Crippen LogP contribution is 2.21. The minimum atomic E-state index is -3.58. The van der Waals surface area contributed by atoms with E-state index in [1.54, 1.807) is 50.4 Å². The number of oxazole rings is 1. The molecule has 120 valence electrons. The predicted molar refractivity (Wildman–Crippen MR) is 84.1 cm³/mol. The second-order valence-corrected chi connectivity index (χ2v) is 6.87. The van der Waals surface area contributed by atoms with Gasteiger partial charge in [-0.25, -0.2) is 18.1 Å². The molecule has 2 heterocycles. The van der Waals surface area contributed by atoms with Crippen molar-refractivity contribution in [3.63, 3.8) is 0 Å².